The van der Waals surface area contributed by atoms with Crippen molar-refractivity contribution in [3.05, 3.63) is 0 Å². The highest BCUT2D eigenvalue weighted by Gasteiger charge is 2.51. The summed E-state index contributed by atoms with van der Waals surface area (Å²) in [6.45, 7) is 11.7. The summed E-state index contributed by atoms with van der Waals surface area (Å²) in [7, 11) is 0. The zero-order chi connectivity index (χ0) is 14.7. The number of aliphatic hydroxyl groups excluding tert-OH is 2. The topological polar surface area (TPSA) is 40.5 Å². The SMILES string of the molecule is CCC(C)C(C)CCC(CO)(CO)CC1(C)CC1C. The molecule has 114 valence electrons. The van der Waals surface area contributed by atoms with E-state index < -0.39 is 0 Å². The minimum atomic E-state index is -0.263. The second-order valence-corrected chi connectivity index (χ2v) is 7.65. The van der Waals surface area contributed by atoms with Crippen molar-refractivity contribution in [1.82, 2.24) is 0 Å². The molecule has 4 unspecified atom stereocenters. The summed E-state index contributed by atoms with van der Waals surface area (Å²) < 4.78 is 0. The van der Waals surface area contributed by atoms with Crippen LogP contribution in [0, 0.1) is 28.6 Å². The van der Waals surface area contributed by atoms with E-state index in [1.165, 1.54) is 12.8 Å². The number of hydrogen-bond acceptors (Lipinski definition) is 2. The summed E-state index contributed by atoms with van der Waals surface area (Å²) in [5, 5.41) is 19.6. The van der Waals surface area contributed by atoms with Gasteiger partial charge in [-0.25, -0.2) is 0 Å². The van der Waals surface area contributed by atoms with Gasteiger partial charge in [0.05, 0.1) is 13.2 Å². The molecule has 0 radical (unpaired) electrons. The Kier molecular flexibility index (Phi) is 5.88. The number of hydrogen-bond donors (Lipinski definition) is 2. The minimum absolute atomic E-state index is 0.124. The van der Waals surface area contributed by atoms with E-state index in [4.69, 9.17) is 0 Å². The molecule has 1 saturated carbocycles. The molecule has 0 bridgehead atoms. The Labute approximate surface area is 119 Å². The van der Waals surface area contributed by atoms with E-state index in [0.717, 1.165) is 31.1 Å². The quantitative estimate of drug-likeness (QED) is 0.668. The van der Waals surface area contributed by atoms with Crippen LogP contribution in [0.25, 0.3) is 0 Å². The molecule has 0 aliphatic heterocycles. The van der Waals surface area contributed by atoms with Crippen LogP contribution in [-0.2, 0) is 0 Å². The van der Waals surface area contributed by atoms with Gasteiger partial charge in [0.25, 0.3) is 0 Å². The lowest BCUT2D eigenvalue weighted by Gasteiger charge is -2.34. The van der Waals surface area contributed by atoms with Gasteiger partial charge in [-0.05, 0) is 48.9 Å². The highest BCUT2D eigenvalue weighted by Crippen LogP contribution is 2.58. The van der Waals surface area contributed by atoms with Crippen molar-refractivity contribution in [3.63, 3.8) is 0 Å². The Morgan fingerprint density at radius 2 is 1.74 bits per heavy atom. The molecule has 1 rings (SSSR count). The maximum atomic E-state index is 9.80. The van der Waals surface area contributed by atoms with E-state index in [9.17, 15) is 10.2 Å². The van der Waals surface area contributed by atoms with E-state index in [-0.39, 0.29) is 18.6 Å². The molecular formula is C17H34O2. The molecule has 1 fully saturated rings. The maximum Gasteiger partial charge on any atom is 0.0509 e. The molecule has 0 saturated heterocycles. The van der Waals surface area contributed by atoms with Gasteiger partial charge in [-0.3, -0.25) is 0 Å². The minimum Gasteiger partial charge on any atom is -0.396 e. The lowest BCUT2D eigenvalue weighted by Crippen LogP contribution is -2.33. The first-order valence-electron chi connectivity index (χ1n) is 8.04. The van der Waals surface area contributed by atoms with Gasteiger partial charge in [-0.2, -0.15) is 0 Å². The zero-order valence-electron chi connectivity index (χ0n) is 13.6. The summed E-state index contributed by atoms with van der Waals surface area (Å²) in [6.07, 6.45) is 5.49. The largest absolute Gasteiger partial charge is 0.396 e. The van der Waals surface area contributed by atoms with Crippen LogP contribution in [0.5, 0.6) is 0 Å². The van der Waals surface area contributed by atoms with Gasteiger partial charge in [-0.15, -0.1) is 0 Å². The fourth-order valence-electron chi connectivity index (χ4n) is 3.37. The molecule has 0 spiro atoms. The Morgan fingerprint density at radius 1 is 1.21 bits per heavy atom. The molecule has 2 heteroatoms. The van der Waals surface area contributed by atoms with Gasteiger partial charge in [0.2, 0.25) is 0 Å². The van der Waals surface area contributed by atoms with Crippen molar-refractivity contribution in [1.29, 1.82) is 0 Å². The van der Waals surface area contributed by atoms with Gasteiger partial charge in [0.15, 0.2) is 0 Å². The summed E-state index contributed by atoms with van der Waals surface area (Å²) in [6, 6.07) is 0. The average Bonchev–Trinajstić information content (AvgIpc) is 3.00. The van der Waals surface area contributed by atoms with Crippen molar-refractivity contribution in [2.75, 3.05) is 13.2 Å². The molecule has 0 aromatic rings. The third-order valence-electron chi connectivity index (χ3n) is 6.00. The van der Waals surface area contributed by atoms with Crippen molar-refractivity contribution in [2.45, 2.75) is 66.7 Å². The molecule has 0 amide bonds. The maximum absolute atomic E-state index is 9.80. The van der Waals surface area contributed by atoms with Gasteiger partial charge < -0.3 is 10.2 Å². The average molecular weight is 270 g/mol. The first-order valence-corrected chi connectivity index (χ1v) is 8.04. The van der Waals surface area contributed by atoms with Crippen molar-refractivity contribution >= 4 is 0 Å². The van der Waals surface area contributed by atoms with E-state index >= 15 is 0 Å². The molecular weight excluding hydrogens is 236 g/mol. The fourth-order valence-corrected chi connectivity index (χ4v) is 3.37. The monoisotopic (exact) mass is 270 g/mol. The van der Waals surface area contributed by atoms with Gasteiger partial charge in [0.1, 0.15) is 0 Å². The molecule has 2 nitrogen and oxygen atoms in total. The molecule has 0 aromatic carbocycles. The highest BCUT2D eigenvalue weighted by atomic mass is 16.3. The van der Waals surface area contributed by atoms with Crippen LogP contribution in [0.4, 0.5) is 0 Å². The van der Waals surface area contributed by atoms with Crippen LogP contribution in [-0.4, -0.2) is 23.4 Å². The second-order valence-electron chi connectivity index (χ2n) is 7.65. The molecule has 1 aliphatic carbocycles. The Balaban J connectivity index is 2.56. The zero-order valence-corrected chi connectivity index (χ0v) is 13.6. The Morgan fingerprint density at radius 3 is 2.11 bits per heavy atom. The first kappa shape index (κ1) is 17.0. The lowest BCUT2D eigenvalue weighted by molar-refractivity contribution is 0.0160. The molecule has 4 atom stereocenters. The van der Waals surface area contributed by atoms with E-state index in [1.54, 1.807) is 0 Å². The van der Waals surface area contributed by atoms with E-state index in [1.807, 2.05) is 0 Å². The van der Waals surface area contributed by atoms with Crippen LogP contribution < -0.4 is 0 Å². The van der Waals surface area contributed by atoms with Gasteiger partial charge in [0, 0.05) is 5.41 Å². The lowest BCUT2D eigenvalue weighted by atomic mass is 9.73. The first-order chi connectivity index (χ1) is 8.82. The van der Waals surface area contributed by atoms with Crippen LogP contribution in [0.15, 0.2) is 0 Å². The normalized spacial score (nSPS) is 30.2. The number of aliphatic hydroxyl groups is 2. The van der Waals surface area contributed by atoms with Crippen LogP contribution >= 0.6 is 0 Å². The van der Waals surface area contributed by atoms with E-state index in [2.05, 4.69) is 34.6 Å². The molecule has 0 aromatic heterocycles. The van der Waals surface area contributed by atoms with Crippen molar-refractivity contribution < 1.29 is 10.2 Å². The third kappa shape index (κ3) is 4.19. The summed E-state index contributed by atoms with van der Waals surface area (Å²) >= 11 is 0. The second kappa shape index (κ2) is 6.58. The molecule has 2 N–H and O–H groups in total. The summed E-state index contributed by atoms with van der Waals surface area (Å²) in [4.78, 5) is 0. The van der Waals surface area contributed by atoms with Crippen LogP contribution in [0.3, 0.4) is 0 Å². The summed E-state index contributed by atoms with van der Waals surface area (Å²) in [5.41, 5.74) is 0.0896. The molecule has 0 heterocycles. The van der Waals surface area contributed by atoms with Crippen LogP contribution in [0.1, 0.15) is 66.7 Å². The number of rotatable bonds is 9. The third-order valence-corrected chi connectivity index (χ3v) is 6.00. The van der Waals surface area contributed by atoms with Gasteiger partial charge in [-0.1, -0.05) is 41.0 Å². The van der Waals surface area contributed by atoms with Gasteiger partial charge >= 0.3 is 0 Å². The standard InChI is InChI=1S/C17H34O2/c1-6-13(2)14(3)7-8-17(11-18,12-19)10-16(5)9-15(16)4/h13-15,18-19H,6-12H2,1-5H3. The van der Waals surface area contributed by atoms with E-state index in [0.29, 0.717) is 11.3 Å². The summed E-state index contributed by atoms with van der Waals surface area (Å²) in [5.74, 6) is 2.15. The molecule has 19 heavy (non-hydrogen) atoms. The molecule has 1 aliphatic rings. The van der Waals surface area contributed by atoms with Crippen molar-refractivity contribution in [2.24, 2.45) is 28.6 Å². The smallest absolute Gasteiger partial charge is 0.0509 e. The Bertz CT molecular complexity index is 272. The van der Waals surface area contributed by atoms with Crippen LogP contribution in [0.2, 0.25) is 0 Å². The highest BCUT2D eigenvalue weighted by molar-refractivity contribution is 5.00. The van der Waals surface area contributed by atoms with Crippen molar-refractivity contribution in [3.8, 4) is 0 Å². The Hall–Kier alpha value is -0.0800. The predicted molar refractivity (Wildman–Crippen MR) is 81.0 cm³/mol. The fraction of sp³-hybridized carbons (Fsp3) is 1.00. The predicted octanol–water partition coefficient (Wildman–Crippen LogP) is 3.86.